The van der Waals surface area contributed by atoms with Crippen LogP contribution >= 0.6 is 11.6 Å². The fourth-order valence-electron chi connectivity index (χ4n) is 2.46. The van der Waals surface area contributed by atoms with Crippen molar-refractivity contribution >= 4 is 27.3 Å². The first-order valence-electron chi connectivity index (χ1n) is 6.55. The predicted molar refractivity (Wildman–Crippen MR) is 79.0 cm³/mol. The maximum absolute atomic E-state index is 12.6. The van der Waals surface area contributed by atoms with E-state index in [0.717, 1.165) is 0 Å². The van der Waals surface area contributed by atoms with E-state index < -0.39 is 16.1 Å². The molecule has 112 valence electrons. The van der Waals surface area contributed by atoms with E-state index in [1.54, 1.807) is 13.0 Å². The van der Waals surface area contributed by atoms with Crippen molar-refractivity contribution in [1.82, 2.24) is 4.31 Å². The number of sulfonamides is 1. The zero-order chi connectivity index (χ0) is 14.9. The van der Waals surface area contributed by atoms with Gasteiger partial charge in [-0.1, -0.05) is 11.6 Å². The van der Waals surface area contributed by atoms with Crippen molar-refractivity contribution in [2.45, 2.75) is 30.8 Å². The molecule has 1 aliphatic rings. The molecule has 0 aromatic heterocycles. The van der Waals surface area contributed by atoms with E-state index in [4.69, 9.17) is 17.3 Å². The lowest BCUT2D eigenvalue weighted by Crippen LogP contribution is -2.40. The SMILES string of the molecule is CC(O)C1CCN(S(=O)(=O)c2cc(N)ccc2Cl)CC1. The van der Waals surface area contributed by atoms with Crippen molar-refractivity contribution in [2.24, 2.45) is 5.92 Å². The van der Waals surface area contributed by atoms with Gasteiger partial charge in [-0.05, 0) is 43.9 Å². The van der Waals surface area contributed by atoms with Crippen molar-refractivity contribution in [3.63, 3.8) is 0 Å². The third-order valence-corrected chi connectivity index (χ3v) is 6.13. The minimum absolute atomic E-state index is 0.0506. The van der Waals surface area contributed by atoms with E-state index >= 15 is 0 Å². The van der Waals surface area contributed by atoms with Gasteiger partial charge >= 0.3 is 0 Å². The van der Waals surface area contributed by atoms with E-state index in [9.17, 15) is 13.5 Å². The highest BCUT2D eigenvalue weighted by molar-refractivity contribution is 7.89. The van der Waals surface area contributed by atoms with Gasteiger partial charge in [0.25, 0.3) is 0 Å². The number of nitrogen functional groups attached to an aromatic ring is 1. The highest BCUT2D eigenvalue weighted by Gasteiger charge is 2.32. The molecule has 0 aliphatic carbocycles. The fourth-order valence-corrected chi connectivity index (χ4v) is 4.43. The number of aliphatic hydroxyl groups excluding tert-OH is 1. The second kappa shape index (κ2) is 5.89. The molecular weight excluding hydrogens is 300 g/mol. The molecule has 1 aromatic rings. The second-order valence-electron chi connectivity index (χ2n) is 5.17. The van der Waals surface area contributed by atoms with Crippen molar-refractivity contribution in [3.05, 3.63) is 23.2 Å². The Bertz CT molecular complexity index is 581. The molecule has 0 radical (unpaired) electrons. The number of piperidine rings is 1. The van der Waals surface area contributed by atoms with Crippen molar-refractivity contribution < 1.29 is 13.5 Å². The Hall–Kier alpha value is -0.820. The van der Waals surface area contributed by atoms with Crippen LogP contribution in [0.4, 0.5) is 5.69 Å². The Morgan fingerprint density at radius 3 is 2.55 bits per heavy atom. The van der Waals surface area contributed by atoms with Gasteiger partial charge in [0.05, 0.1) is 11.1 Å². The van der Waals surface area contributed by atoms with Gasteiger partial charge in [-0.15, -0.1) is 0 Å². The van der Waals surface area contributed by atoms with Crippen molar-refractivity contribution in [2.75, 3.05) is 18.8 Å². The number of nitrogens with zero attached hydrogens (tertiary/aromatic N) is 1. The van der Waals surface area contributed by atoms with Crippen LogP contribution in [-0.2, 0) is 10.0 Å². The summed E-state index contributed by atoms with van der Waals surface area (Å²) >= 11 is 5.98. The summed E-state index contributed by atoms with van der Waals surface area (Å²) < 4.78 is 26.5. The first kappa shape index (κ1) is 15.6. The summed E-state index contributed by atoms with van der Waals surface area (Å²) in [5.74, 6) is 0.151. The normalized spacial score (nSPS) is 19.9. The largest absolute Gasteiger partial charge is 0.399 e. The average Bonchev–Trinajstić information content (AvgIpc) is 2.41. The van der Waals surface area contributed by atoms with Gasteiger partial charge in [-0.25, -0.2) is 8.42 Å². The number of rotatable bonds is 3. The molecule has 0 bridgehead atoms. The summed E-state index contributed by atoms with van der Waals surface area (Å²) in [5.41, 5.74) is 6.01. The van der Waals surface area contributed by atoms with Gasteiger partial charge in [-0.2, -0.15) is 4.31 Å². The Labute approximate surface area is 124 Å². The van der Waals surface area contributed by atoms with E-state index in [-0.39, 0.29) is 15.8 Å². The standard InChI is InChI=1S/C13H19ClN2O3S/c1-9(17)10-4-6-16(7-5-10)20(18,19)13-8-11(15)2-3-12(13)14/h2-3,8-10,17H,4-7,15H2,1H3. The fraction of sp³-hybridized carbons (Fsp3) is 0.538. The minimum atomic E-state index is -3.62. The molecule has 7 heteroatoms. The van der Waals surface area contributed by atoms with Gasteiger partial charge in [-0.3, -0.25) is 0 Å². The third-order valence-electron chi connectivity index (χ3n) is 3.75. The molecule has 1 atom stereocenters. The zero-order valence-corrected chi connectivity index (χ0v) is 12.9. The van der Waals surface area contributed by atoms with Crippen LogP contribution in [0.2, 0.25) is 5.02 Å². The van der Waals surface area contributed by atoms with Crippen LogP contribution in [0, 0.1) is 5.92 Å². The zero-order valence-electron chi connectivity index (χ0n) is 11.3. The number of hydrogen-bond acceptors (Lipinski definition) is 4. The third kappa shape index (κ3) is 3.09. The van der Waals surface area contributed by atoms with Gasteiger partial charge < -0.3 is 10.8 Å². The summed E-state index contributed by atoms with van der Waals surface area (Å²) in [4.78, 5) is 0.0506. The molecule has 1 heterocycles. The van der Waals surface area contributed by atoms with Crippen LogP contribution in [0.5, 0.6) is 0 Å². The van der Waals surface area contributed by atoms with Gasteiger partial charge in [0, 0.05) is 18.8 Å². The minimum Gasteiger partial charge on any atom is -0.399 e. The molecule has 2 rings (SSSR count). The molecule has 3 N–H and O–H groups in total. The van der Waals surface area contributed by atoms with Crippen LogP contribution in [0.1, 0.15) is 19.8 Å². The summed E-state index contributed by atoms with van der Waals surface area (Å²) in [6, 6.07) is 4.45. The number of aliphatic hydroxyl groups is 1. The summed E-state index contributed by atoms with van der Waals surface area (Å²) in [6.45, 7) is 2.52. The Balaban J connectivity index is 2.22. The predicted octanol–water partition coefficient (Wildman–Crippen LogP) is 1.70. The topological polar surface area (TPSA) is 83.6 Å². The molecule has 0 amide bonds. The number of halogens is 1. The monoisotopic (exact) mass is 318 g/mol. The smallest absolute Gasteiger partial charge is 0.244 e. The maximum Gasteiger partial charge on any atom is 0.244 e. The number of anilines is 1. The van der Waals surface area contributed by atoms with Crippen LogP contribution in [-0.4, -0.2) is 37.0 Å². The number of benzene rings is 1. The van der Waals surface area contributed by atoms with E-state index in [0.29, 0.717) is 31.6 Å². The average molecular weight is 319 g/mol. The van der Waals surface area contributed by atoms with Gasteiger partial charge in [0.1, 0.15) is 4.90 Å². The molecule has 1 aromatic carbocycles. The van der Waals surface area contributed by atoms with Crippen LogP contribution in [0.3, 0.4) is 0 Å². The summed E-state index contributed by atoms with van der Waals surface area (Å²) in [7, 11) is -3.62. The molecule has 5 nitrogen and oxygen atoms in total. The molecule has 0 spiro atoms. The highest BCUT2D eigenvalue weighted by atomic mass is 35.5. The summed E-state index contributed by atoms with van der Waals surface area (Å²) in [5, 5.41) is 9.74. The van der Waals surface area contributed by atoms with Crippen molar-refractivity contribution in [1.29, 1.82) is 0 Å². The molecule has 1 aliphatic heterocycles. The Morgan fingerprint density at radius 1 is 1.40 bits per heavy atom. The Kier molecular flexibility index (Phi) is 4.59. The quantitative estimate of drug-likeness (QED) is 0.831. The van der Waals surface area contributed by atoms with Crippen LogP contribution < -0.4 is 5.73 Å². The van der Waals surface area contributed by atoms with E-state index in [1.807, 2.05) is 0 Å². The highest BCUT2D eigenvalue weighted by Crippen LogP contribution is 2.30. The lowest BCUT2D eigenvalue weighted by Gasteiger charge is -2.32. The summed E-state index contributed by atoms with van der Waals surface area (Å²) in [6.07, 6.45) is 0.893. The van der Waals surface area contributed by atoms with E-state index in [1.165, 1.54) is 16.4 Å². The lowest BCUT2D eigenvalue weighted by atomic mass is 9.93. The molecule has 0 saturated carbocycles. The second-order valence-corrected chi connectivity index (χ2v) is 7.49. The van der Waals surface area contributed by atoms with Crippen LogP contribution in [0.25, 0.3) is 0 Å². The number of nitrogens with two attached hydrogens (primary N) is 1. The van der Waals surface area contributed by atoms with Gasteiger partial charge in [0.15, 0.2) is 0 Å². The van der Waals surface area contributed by atoms with E-state index in [2.05, 4.69) is 0 Å². The molecule has 1 fully saturated rings. The first-order valence-corrected chi connectivity index (χ1v) is 8.37. The molecule has 20 heavy (non-hydrogen) atoms. The maximum atomic E-state index is 12.6. The molecule has 1 saturated heterocycles. The first-order chi connectivity index (χ1) is 9.32. The Morgan fingerprint density at radius 2 is 2.00 bits per heavy atom. The van der Waals surface area contributed by atoms with Gasteiger partial charge in [0.2, 0.25) is 10.0 Å². The number of hydrogen-bond donors (Lipinski definition) is 2. The lowest BCUT2D eigenvalue weighted by molar-refractivity contribution is 0.0912. The van der Waals surface area contributed by atoms with Crippen molar-refractivity contribution in [3.8, 4) is 0 Å². The molecule has 1 unspecified atom stereocenters. The molecular formula is C13H19ClN2O3S. The van der Waals surface area contributed by atoms with Crippen LogP contribution in [0.15, 0.2) is 23.1 Å².